The summed E-state index contributed by atoms with van der Waals surface area (Å²) in [6.45, 7) is 6.76. The van der Waals surface area contributed by atoms with Crippen molar-refractivity contribution in [3.8, 4) is 0 Å². The average molecular weight is 273 g/mol. The van der Waals surface area contributed by atoms with Gasteiger partial charge in [-0.25, -0.2) is 0 Å². The Kier molecular flexibility index (Phi) is 5.26. The first-order chi connectivity index (χ1) is 9.47. The van der Waals surface area contributed by atoms with Crippen molar-refractivity contribution in [2.45, 2.75) is 77.2 Å². The highest BCUT2D eigenvalue weighted by atomic mass is 14.6. The minimum Gasteiger partial charge on any atom is -0.324 e. The molecule has 1 nitrogen and oxygen atoms in total. The number of hydrogen-bond acceptors (Lipinski definition) is 1. The van der Waals surface area contributed by atoms with Gasteiger partial charge in [-0.1, -0.05) is 77.1 Å². The first kappa shape index (κ1) is 15.6. The predicted molar refractivity (Wildman–Crippen MR) is 87.9 cm³/mol. The monoisotopic (exact) mass is 273 g/mol. The van der Waals surface area contributed by atoms with E-state index >= 15 is 0 Å². The molecule has 112 valence electrons. The molecule has 2 N–H and O–H groups in total. The lowest BCUT2D eigenvalue weighted by molar-refractivity contribution is 0.324. The van der Waals surface area contributed by atoms with Crippen LogP contribution < -0.4 is 5.73 Å². The molecule has 1 fully saturated rings. The number of nitrogens with two attached hydrogens (primary N) is 1. The van der Waals surface area contributed by atoms with Gasteiger partial charge in [-0.2, -0.15) is 0 Å². The van der Waals surface area contributed by atoms with Gasteiger partial charge in [0.1, 0.15) is 0 Å². The second kappa shape index (κ2) is 6.76. The van der Waals surface area contributed by atoms with Crippen LogP contribution in [0.2, 0.25) is 0 Å². The highest BCUT2D eigenvalue weighted by molar-refractivity contribution is 5.29. The topological polar surface area (TPSA) is 26.0 Å². The Bertz CT molecular complexity index is 393. The van der Waals surface area contributed by atoms with E-state index in [4.69, 9.17) is 5.73 Å². The van der Waals surface area contributed by atoms with Crippen molar-refractivity contribution in [1.82, 2.24) is 0 Å². The summed E-state index contributed by atoms with van der Waals surface area (Å²) in [6, 6.07) is 9.16. The summed E-state index contributed by atoms with van der Waals surface area (Å²) in [6.07, 6.45) is 9.60. The van der Waals surface area contributed by atoms with Crippen LogP contribution in [0.5, 0.6) is 0 Å². The van der Waals surface area contributed by atoms with Gasteiger partial charge >= 0.3 is 0 Å². The van der Waals surface area contributed by atoms with Crippen LogP contribution in [0.4, 0.5) is 0 Å². The summed E-state index contributed by atoms with van der Waals surface area (Å²) in [5, 5.41) is 0. The lowest BCUT2D eigenvalue weighted by Crippen LogP contribution is -2.15. The zero-order valence-electron chi connectivity index (χ0n) is 13.5. The third kappa shape index (κ3) is 4.34. The maximum Gasteiger partial charge on any atom is 0.0294 e. The second-order valence-electron chi connectivity index (χ2n) is 7.56. The number of benzene rings is 1. The van der Waals surface area contributed by atoms with E-state index in [9.17, 15) is 0 Å². The maximum atomic E-state index is 6.37. The maximum absolute atomic E-state index is 6.37. The van der Waals surface area contributed by atoms with Gasteiger partial charge in [0.2, 0.25) is 0 Å². The van der Waals surface area contributed by atoms with Gasteiger partial charge in [-0.3, -0.25) is 0 Å². The fourth-order valence-corrected chi connectivity index (χ4v) is 3.29. The van der Waals surface area contributed by atoms with Crippen LogP contribution in [-0.2, 0) is 5.41 Å². The van der Waals surface area contributed by atoms with E-state index in [1.54, 1.807) is 0 Å². The highest BCUT2D eigenvalue weighted by Crippen LogP contribution is 2.30. The molecular weight excluding hydrogens is 242 g/mol. The van der Waals surface area contributed by atoms with Crippen molar-refractivity contribution in [3.63, 3.8) is 0 Å². The van der Waals surface area contributed by atoms with Gasteiger partial charge in [0, 0.05) is 6.04 Å². The van der Waals surface area contributed by atoms with Crippen molar-refractivity contribution in [2.24, 2.45) is 11.7 Å². The fraction of sp³-hybridized carbons (Fsp3) is 0.684. The van der Waals surface area contributed by atoms with Gasteiger partial charge in [-0.15, -0.1) is 0 Å². The van der Waals surface area contributed by atoms with E-state index in [0.717, 1.165) is 12.3 Å². The minimum atomic E-state index is 0.214. The first-order valence-electron chi connectivity index (χ1n) is 8.33. The Balaban J connectivity index is 1.87. The van der Waals surface area contributed by atoms with Crippen molar-refractivity contribution >= 4 is 0 Å². The molecule has 0 spiro atoms. The molecule has 1 aromatic rings. The third-order valence-electron chi connectivity index (χ3n) is 4.82. The molecule has 0 bridgehead atoms. The molecule has 0 radical (unpaired) electrons. The summed E-state index contributed by atoms with van der Waals surface area (Å²) in [5.41, 5.74) is 9.29. The summed E-state index contributed by atoms with van der Waals surface area (Å²) < 4.78 is 0. The van der Waals surface area contributed by atoms with Crippen LogP contribution in [0, 0.1) is 5.92 Å². The van der Waals surface area contributed by atoms with Crippen LogP contribution in [-0.4, -0.2) is 0 Å². The molecule has 1 unspecified atom stereocenters. The standard InChI is InChI=1S/C19H31N/c1-19(2,3)17-12-10-16(11-13-17)18(20)14-9-15-7-5-4-6-8-15/h10-13,15,18H,4-9,14,20H2,1-3H3. The van der Waals surface area contributed by atoms with Gasteiger partial charge in [-0.05, 0) is 35.3 Å². The lowest BCUT2D eigenvalue weighted by Gasteiger charge is -2.23. The molecule has 0 saturated heterocycles. The highest BCUT2D eigenvalue weighted by Gasteiger charge is 2.17. The molecule has 1 heteroatoms. The Morgan fingerprint density at radius 3 is 2.20 bits per heavy atom. The Morgan fingerprint density at radius 1 is 1.05 bits per heavy atom. The summed E-state index contributed by atoms with van der Waals surface area (Å²) in [5.74, 6) is 0.934. The van der Waals surface area contributed by atoms with Crippen molar-refractivity contribution < 1.29 is 0 Å². The van der Waals surface area contributed by atoms with Crippen molar-refractivity contribution in [1.29, 1.82) is 0 Å². The first-order valence-corrected chi connectivity index (χ1v) is 8.33. The molecule has 1 aliphatic carbocycles. The van der Waals surface area contributed by atoms with E-state index in [1.165, 1.54) is 49.7 Å². The average Bonchev–Trinajstić information content (AvgIpc) is 2.45. The van der Waals surface area contributed by atoms with E-state index in [2.05, 4.69) is 45.0 Å². The van der Waals surface area contributed by atoms with Crippen LogP contribution in [0.15, 0.2) is 24.3 Å². The number of hydrogen-bond donors (Lipinski definition) is 1. The third-order valence-corrected chi connectivity index (χ3v) is 4.82. The normalized spacial score (nSPS) is 19.0. The molecule has 0 aromatic heterocycles. The van der Waals surface area contributed by atoms with E-state index in [-0.39, 0.29) is 11.5 Å². The smallest absolute Gasteiger partial charge is 0.0294 e. The SMILES string of the molecule is CC(C)(C)c1ccc(C(N)CCC2CCCCC2)cc1. The summed E-state index contributed by atoms with van der Waals surface area (Å²) in [7, 11) is 0. The van der Waals surface area contributed by atoms with Crippen LogP contribution in [0.3, 0.4) is 0 Å². The quantitative estimate of drug-likeness (QED) is 0.786. The Hall–Kier alpha value is -0.820. The summed E-state index contributed by atoms with van der Waals surface area (Å²) in [4.78, 5) is 0. The Labute approximate surface area is 125 Å². The van der Waals surface area contributed by atoms with E-state index in [1.807, 2.05) is 0 Å². The van der Waals surface area contributed by atoms with Crippen LogP contribution in [0.1, 0.15) is 82.9 Å². The van der Waals surface area contributed by atoms with Gasteiger partial charge in [0.15, 0.2) is 0 Å². The molecule has 2 rings (SSSR count). The van der Waals surface area contributed by atoms with Crippen molar-refractivity contribution in [3.05, 3.63) is 35.4 Å². The van der Waals surface area contributed by atoms with Crippen LogP contribution in [0.25, 0.3) is 0 Å². The molecule has 0 aliphatic heterocycles. The molecule has 1 aromatic carbocycles. The largest absolute Gasteiger partial charge is 0.324 e. The van der Waals surface area contributed by atoms with Gasteiger partial charge in [0.05, 0.1) is 0 Å². The molecule has 1 saturated carbocycles. The zero-order valence-corrected chi connectivity index (χ0v) is 13.5. The molecule has 0 amide bonds. The van der Waals surface area contributed by atoms with E-state index < -0.39 is 0 Å². The fourth-order valence-electron chi connectivity index (χ4n) is 3.29. The lowest BCUT2D eigenvalue weighted by atomic mass is 9.83. The predicted octanol–water partition coefficient (Wildman–Crippen LogP) is 5.34. The van der Waals surface area contributed by atoms with E-state index in [0.29, 0.717) is 0 Å². The minimum absolute atomic E-state index is 0.214. The molecule has 1 aliphatic rings. The molecule has 20 heavy (non-hydrogen) atoms. The zero-order chi connectivity index (χ0) is 14.6. The van der Waals surface area contributed by atoms with Crippen molar-refractivity contribution in [2.75, 3.05) is 0 Å². The molecular formula is C19H31N. The number of rotatable bonds is 4. The molecule has 1 atom stereocenters. The molecule has 0 heterocycles. The van der Waals surface area contributed by atoms with Crippen LogP contribution >= 0.6 is 0 Å². The van der Waals surface area contributed by atoms with Gasteiger partial charge < -0.3 is 5.73 Å². The Morgan fingerprint density at radius 2 is 1.65 bits per heavy atom. The van der Waals surface area contributed by atoms with Gasteiger partial charge in [0.25, 0.3) is 0 Å². The summed E-state index contributed by atoms with van der Waals surface area (Å²) >= 11 is 0. The second-order valence-corrected chi connectivity index (χ2v) is 7.56.